The van der Waals surface area contributed by atoms with E-state index in [0.717, 1.165) is 25.6 Å². The SMILES string of the molecule is Cc1ccc(C(O)Cc2cc(F)ccc2Br)cc1Br. The molecule has 2 rings (SSSR count). The van der Waals surface area contributed by atoms with Gasteiger partial charge in [-0.15, -0.1) is 0 Å². The molecule has 0 saturated heterocycles. The second-order valence-electron chi connectivity index (χ2n) is 4.46. The molecule has 0 aliphatic heterocycles. The summed E-state index contributed by atoms with van der Waals surface area (Å²) >= 11 is 6.82. The summed E-state index contributed by atoms with van der Waals surface area (Å²) in [6, 6.07) is 10.2. The number of aliphatic hydroxyl groups excluding tert-OH is 1. The summed E-state index contributed by atoms with van der Waals surface area (Å²) < 4.78 is 15.0. The number of aryl methyl sites for hydroxylation is 1. The fourth-order valence-corrected chi connectivity index (χ4v) is 2.65. The first kappa shape index (κ1) is 14.7. The van der Waals surface area contributed by atoms with Crippen LogP contribution in [-0.2, 0) is 6.42 Å². The zero-order valence-corrected chi connectivity index (χ0v) is 13.5. The highest BCUT2D eigenvalue weighted by Gasteiger charge is 2.12. The van der Waals surface area contributed by atoms with Gasteiger partial charge in [0.15, 0.2) is 0 Å². The zero-order chi connectivity index (χ0) is 14.0. The van der Waals surface area contributed by atoms with Gasteiger partial charge in [0.1, 0.15) is 5.82 Å². The van der Waals surface area contributed by atoms with E-state index in [4.69, 9.17) is 0 Å². The van der Waals surface area contributed by atoms with Crippen LogP contribution >= 0.6 is 31.9 Å². The van der Waals surface area contributed by atoms with Crippen LogP contribution < -0.4 is 0 Å². The van der Waals surface area contributed by atoms with Crippen LogP contribution in [-0.4, -0.2) is 5.11 Å². The zero-order valence-electron chi connectivity index (χ0n) is 10.3. The molecule has 0 bridgehead atoms. The molecule has 0 aliphatic rings. The molecular formula is C15H13Br2FO. The maximum absolute atomic E-state index is 13.2. The molecule has 1 atom stereocenters. The second-order valence-corrected chi connectivity index (χ2v) is 6.17. The van der Waals surface area contributed by atoms with E-state index in [-0.39, 0.29) is 5.82 Å². The molecule has 2 aromatic carbocycles. The molecule has 0 radical (unpaired) electrons. The molecule has 0 spiro atoms. The number of benzene rings is 2. The van der Waals surface area contributed by atoms with Crippen LogP contribution in [0.4, 0.5) is 4.39 Å². The van der Waals surface area contributed by atoms with Crippen LogP contribution in [0.2, 0.25) is 0 Å². The Hall–Kier alpha value is -0.710. The van der Waals surface area contributed by atoms with Gasteiger partial charge in [-0.1, -0.05) is 44.0 Å². The highest BCUT2D eigenvalue weighted by molar-refractivity contribution is 9.10. The Bertz CT molecular complexity index is 599. The van der Waals surface area contributed by atoms with Gasteiger partial charge in [0, 0.05) is 15.4 Å². The van der Waals surface area contributed by atoms with E-state index in [9.17, 15) is 9.50 Å². The predicted octanol–water partition coefficient (Wildman–Crippen LogP) is 4.94. The van der Waals surface area contributed by atoms with Crippen molar-refractivity contribution in [3.8, 4) is 0 Å². The normalized spacial score (nSPS) is 12.5. The molecule has 0 amide bonds. The lowest BCUT2D eigenvalue weighted by Crippen LogP contribution is -2.03. The number of halogens is 3. The average molecular weight is 388 g/mol. The molecule has 0 fully saturated rings. The first-order chi connectivity index (χ1) is 8.97. The van der Waals surface area contributed by atoms with Crippen LogP contribution in [0.15, 0.2) is 45.3 Å². The summed E-state index contributed by atoms with van der Waals surface area (Å²) in [7, 11) is 0. The van der Waals surface area contributed by atoms with E-state index in [2.05, 4.69) is 31.9 Å². The Kier molecular flexibility index (Phi) is 4.76. The van der Waals surface area contributed by atoms with E-state index in [1.165, 1.54) is 12.1 Å². The van der Waals surface area contributed by atoms with Crippen molar-refractivity contribution in [2.75, 3.05) is 0 Å². The molecule has 0 aromatic heterocycles. The van der Waals surface area contributed by atoms with Crippen molar-refractivity contribution in [2.24, 2.45) is 0 Å². The van der Waals surface area contributed by atoms with Gasteiger partial charge >= 0.3 is 0 Å². The van der Waals surface area contributed by atoms with Crippen LogP contribution in [0.5, 0.6) is 0 Å². The third kappa shape index (κ3) is 3.65. The minimum atomic E-state index is -0.657. The summed E-state index contributed by atoms with van der Waals surface area (Å²) in [6.45, 7) is 1.99. The van der Waals surface area contributed by atoms with Crippen molar-refractivity contribution in [1.29, 1.82) is 0 Å². The van der Waals surface area contributed by atoms with Crippen molar-refractivity contribution in [2.45, 2.75) is 19.4 Å². The molecule has 0 saturated carbocycles. The van der Waals surface area contributed by atoms with E-state index in [0.29, 0.717) is 6.42 Å². The number of aliphatic hydroxyl groups is 1. The molecule has 1 N–H and O–H groups in total. The molecule has 0 heterocycles. The highest BCUT2D eigenvalue weighted by Crippen LogP contribution is 2.27. The van der Waals surface area contributed by atoms with Crippen molar-refractivity contribution in [3.63, 3.8) is 0 Å². The Morgan fingerprint density at radius 1 is 1.11 bits per heavy atom. The lowest BCUT2D eigenvalue weighted by Gasteiger charge is -2.13. The third-order valence-corrected chi connectivity index (χ3v) is 4.63. The van der Waals surface area contributed by atoms with Gasteiger partial charge in [0.05, 0.1) is 6.10 Å². The van der Waals surface area contributed by atoms with Crippen molar-refractivity contribution < 1.29 is 9.50 Å². The lowest BCUT2D eigenvalue weighted by molar-refractivity contribution is 0.178. The Labute approximate surface area is 128 Å². The summed E-state index contributed by atoms with van der Waals surface area (Å²) in [5.41, 5.74) is 2.68. The Morgan fingerprint density at radius 2 is 1.84 bits per heavy atom. The molecule has 4 heteroatoms. The standard InChI is InChI=1S/C15H13Br2FO/c1-9-2-3-10(7-14(9)17)15(19)8-11-6-12(18)4-5-13(11)16/h2-7,15,19H,8H2,1H3. The monoisotopic (exact) mass is 386 g/mol. The van der Waals surface area contributed by atoms with Gasteiger partial charge in [-0.05, 0) is 47.9 Å². The fourth-order valence-electron chi connectivity index (χ4n) is 1.84. The van der Waals surface area contributed by atoms with Crippen molar-refractivity contribution >= 4 is 31.9 Å². The van der Waals surface area contributed by atoms with E-state index in [1.54, 1.807) is 6.07 Å². The van der Waals surface area contributed by atoms with E-state index in [1.807, 2.05) is 25.1 Å². The summed E-state index contributed by atoms with van der Waals surface area (Å²) in [4.78, 5) is 0. The number of rotatable bonds is 3. The predicted molar refractivity (Wildman–Crippen MR) is 81.6 cm³/mol. The average Bonchev–Trinajstić information content (AvgIpc) is 2.37. The molecule has 2 aromatic rings. The molecule has 1 nitrogen and oxygen atoms in total. The first-order valence-corrected chi connectivity index (χ1v) is 7.44. The molecule has 1 unspecified atom stereocenters. The quantitative estimate of drug-likeness (QED) is 0.791. The van der Waals surface area contributed by atoms with E-state index < -0.39 is 6.10 Å². The number of hydrogen-bond donors (Lipinski definition) is 1. The van der Waals surface area contributed by atoms with Gasteiger partial charge in [0.2, 0.25) is 0 Å². The van der Waals surface area contributed by atoms with Crippen molar-refractivity contribution in [1.82, 2.24) is 0 Å². The van der Waals surface area contributed by atoms with Gasteiger partial charge in [0.25, 0.3) is 0 Å². The van der Waals surface area contributed by atoms with Gasteiger partial charge in [-0.25, -0.2) is 4.39 Å². The minimum absolute atomic E-state index is 0.296. The van der Waals surface area contributed by atoms with Crippen LogP contribution in [0.3, 0.4) is 0 Å². The Morgan fingerprint density at radius 3 is 2.53 bits per heavy atom. The van der Waals surface area contributed by atoms with Crippen LogP contribution in [0.1, 0.15) is 22.8 Å². The van der Waals surface area contributed by atoms with Crippen LogP contribution in [0, 0.1) is 12.7 Å². The second kappa shape index (κ2) is 6.16. The smallest absolute Gasteiger partial charge is 0.123 e. The van der Waals surface area contributed by atoms with Gasteiger partial charge in [-0.3, -0.25) is 0 Å². The largest absolute Gasteiger partial charge is 0.388 e. The van der Waals surface area contributed by atoms with E-state index >= 15 is 0 Å². The molecule has 0 aliphatic carbocycles. The molecular weight excluding hydrogens is 375 g/mol. The fraction of sp³-hybridized carbons (Fsp3) is 0.200. The summed E-state index contributed by atoms with van der Waals surface area (Å²) in [5.74, 6) is -0.296. The van der Waals surface area contributed by atoms with Gasteiger partial charge in [-0.2, -0.15) is 0 Å². The first-order valence-electron chi connectivity index (χ1n) is 5.85. The third-order valence-electron chi connectivity index (χ3n) is 3.00. The molecule has 19 heavy (non-hydrogen) atoms. The highest BCUT2D eigenvalue weighted by atomic mass is 79.9. The summed E-state index contributed by atoms with van der Waals surface area (Å²) in [6.07, 6.45) is -0.289. The maximum atomic E-state index is 13.2. The van der Waals surface area contributed by atoms with Crippen LogP contribution in [0.25, 0.3) is 0 Å². The van der Waals surface area contributed by atoms with Gasteiger partial charge < -0.3 is 5.11 Å². The molecule has 100 valence electrons. The Balaban J connectivity index is 2.22. The maximum Gasteiger partial charge on any atom is 0.123 e. The lowest BCUT2D eigenvalue weighted by atomic mass is 10.0. The minimum Gasteiger partial charge on any atom is -0.388 e. The summed E-state index contributed by atoms with van der Waals surface area (Å²) in [5, 5.41) is 10.2. The van der Waals surface area contributed by atoms with Crippen molar-refractivity contribution in [3.05, 3.63) is 67.9 Å². The topological polar surface area (TPSA) is 20.2 Å². The number of hydrogen-bond acceptors (Lipinski definition) is 1.